The monoisotopic (exact) mass is 207 g/mol. The van der Waals surface area contributed by atoms with Crippen LogP contribution >= 0.6 is 0 Å². The minimum absolute atomic E-state index is 0.914. The van der Waals surface area contributed by atoms with E-state index in [0.29, 0.717) is 0 Å². The van der Waals surface area contributed by atoms with Crippen molar-refractivity contribution >= 4 is 6.21 Å². The Morgan fingerprint density at radius 1 is 1.27 bits per heavy atom. The zero-order valence-electron chi connectivity index (χ0n) is 10.9. The van der Waals surface area contributed by atoms with Crippen LogP contribution in [-0.2, 0) is 0 Å². The summed E-state index contributed by atoms with van der Waals surface area (Å²) in [4.78, 5) is 4.19. The fourth-order valence-corrected chi connectivity index (χ4v) is 1.16. The van der Waals surface area contributed by atoms with Crippen molar-refractivity contribution in [3.63, 3.8) is 0 Å². The summed E-state index contributed by atoms with van der Waals surface area (Å²) in [6.07, 6.45) is 8.94. The molecule has 15 heavy (non-hydrogen) atoms. The molecule has 0 spiro atoms. The summed E-state index contributed by atoms with van der Waals surface area (Å²) in [5, 5.41) is 0. The van der Waals surface area contributed by atoms with Crippen molar-refractivity contribution in [2.45, 2.75) is 41.0 Å². The predicted molar refractivity (Wildman–Crippen MR) is 72.7 cm³/mol. The first-order chi connectivity index (χ1) is 7.38. The summed E-state index contributed by atoms with van der Waals surface area (Å²) in [6.45, 7) is 14.6. The minimum Gasteiger partial charge on any atom is -0.292 e. The van der Waals surface area contributed by atoms with Gasteiger partial charge in [0.1, 0.15) is 0 Å². The molecule has 0 N–H and O–H groups in total. The molecule has 86 valence electrons. The van der Waals surface area contributed by atoms with Gasteiger partial charge in [-0.05, 0) is 24.5 Å². The van der Waals surface area contributed by atoms with Gasteiger partial charge in [-0.2, -0.15) is 0 Å². The van der Waals surface area contributed by atoms with Crippen molar-refractivity contribution in [2.24, 2.45) is 4.99 Å². The molecule has 0 radical (unpaired) electrons. The normalized spacial score (nSPS) is 18.7. The number of nitrogens with zero attached hydrogens (tertiary/aromatic N) is 1. The van der Waals surface area contributed by atoms with E-state index in [1.54, 1.807) is 0 Å². The molecule has 1 heterocycles. The molecule has 0 aromatic carbocycles. The smallest absolute Gasteiger partial charge is 0.0430 e. The Morgan fingerprint density at radius 3 is 2.33 bits per heavy atom. The molecule has 0 atom stereocenters. The van der Waals surface area contributed by atoms with Gasteiger partial charge in [0.15, 0.2) is 0 Å². The molecule has 0 amide bonds. The first kappa shape index (κ1) is 16.3. The maximum atomic E-state index is 4.19. The van der Waals surface area contributed by atoms with Crippen molar-refractivity contribution in [3.05, 3.63) is 36.0 Å². The van der Waals surface area contributed by atoms with Crippen LogP contribution in [0.15, 0.2) is 40.9 Å². The highest BCUT2D eigenvalue weighted by atomic mass is 14.7. The van der Waals surface area contributed by atoms with Gasteiger partial charge in [0, 0.05) is 12.8 Å². The van der Waals surface area contributed by atoms with Gasteiger partial charge >= 0.3 is 0 Å². The van der Waals surface area contributed by atoms with Crippen molar-refractivity contribution in [1.29, 1.82) is 0 Å². The molecule has 0 saturated carbocycles. The van der Waals surface area contributed by atoms with E-state index < -0.39 is 0 Å². The van der Waals surface area contributed by atoms with Crippen LogP contribution in [0.1, 0.15) is 41.0 Å². The first-order valence-electron chi connectivity index (χ1n) is 5.86. The summed E-state index contributed by atoms with van der Waals surface area (Å²) in [6, 6.07) is 0. The number of allylic oxidation sites excluding steroid dienone is 4. The van der Waals surface area contributed by atoms with Gasteiger partial charge in [0.25, 0.3) is 0 Å². The molecule has 1 nitrogen and oxygen atoms in total. The molecule has 1 rings (SSSR count). The van der Waals surface area contributed by atoms with Crippen LogP contribution in [0, 0.1) is 0 Å². The molecule has 0 aliphatic carbocycles. The van der Waals surface area contributed by atoms with Gasteiger partial charge in [-0.25, -0.2) is 0 Å². The standard InChI is InChI=1S/C10H13N.2C2H6/c1-3-5-10-6-7-11-8-9(10)4-2;2*1-2/h3-5,8H,1,6-7H2,2H3;2*1-2H3/b9-4-,10-5-;;. The van der Waals surface area contributed by atoms with Crippen molar-refractivity contribution in [3.8, 4) is 0 Å². The summed E-state index contributed by atoms with van der Waals surface area (Å²) in [5.41, 5.74) is 2.58. The predicted octanol–water partition coefficient (Wildman–Crippen LogP) is 4.57. The van der Waals surface area contributed by atoms with E-state index in [4.69, 9.17) is 0 Å². The fourth-order valence-electron chi connectivity index (χ4n) is 1.16. The van der Waals surface area contributed by atoms with Crippen LogP contribution in [0.5, 0.6) is 0 Å². The Hall–Kier alpha value is -1.11. The van der Waals surface area contributed by atoms with Crippen LogP contribution in [0.4, 0.5) is 0 Å². The summed E-state index contributed by atoms with van der Waals surface area (Å²) in [7, 11) is 0. The summed E-state index contributed by atoms with van der Waals surface area (Å²) in [5.74, 6) is 0. The highest BCUT2D eigenvalue weighted by molar-refractivity contribution is 5.85. The average Bonchev–Trinajstić information content (AvgIpc) is 2.35. The summed E-state index contributed by atoms with van der Waals surface area (Å²) < 4.78 is 0. The Kier molecular flexibility index (Phi) is 14.0. The van der Waals surface area contributed by atoms with Crippen LogP contribution in [0.2, 0.25) is 0 Å². The molecule has 1 heteroatoms. The minimum atomic E-state index is 0.914. The molecule has 1 aliphatic heterocycles. The van der Waals surface area contributed by atoms with E-state index in [1.807, 2.05) is 46.9 Å². The molecule has 0 bridgehead atoms. The quantitative estimate of drug-likeness (QED) is 0.597. The van der Waals surface area contributed by atoms with Crippen molar-refractivity contribution in [2.75, 3.05) is 6.54 Å². The van der Waals surface area contributed by atoms with E-state index in [0.717, 1.165) is 13.0 Å². The van der Waals surface area contributed by atoms with E-state index >= 15 is 0 Å². The Balaban J connectivity index is 0. The third kappa shape index (κ3) is 6.89. The molecule has 0 aromatic heterocycles. The Labute approximate surface area is 95.3 Å². The number of aliphatic imine (C=N–C) groups is 1. The Bertz CT molecular complexity index is 232. The molecule has 0 unspecified atom stereocenters. The SMILES string of the molecule is C=C/C=C1/CCN=C/C1=C/C.CC.CC. The van der Waals surface area contributed by atoms with E-state index in [9.17, 15) is 0 Å². The largest absolute Gasteiger partial charge is 0.292 e. The zero-order valence-corrected chi connectivity index (χ0v) is 10.9. The lowest BCUT2D eigenvalue weighted by Crippen LogP contribution is -2.00. The topological polar surface area (TPSA) is 12.4 Å². The van der Waals surface area contributed by atoms with Gasteiger partial charge < -0.3 is 0 Å². The third-order valence-corrected chi connectivity index (χ3v) is 1.74. The van der Waals surface area contributed by atoms with Crippen molar-refractivity contribution < 1.29 is 0 Å². The van der Waals surface area contributed by atoms with Crippen LogP contribution < -0.4 is 0 Å². The molecule has 0 fully saturated rings. The fraction of sp³-hybridized carbons (Fsp3) is 0.500. The zero-order chi connectivity index (χ0) is 12.1. The second-order valence-electron chi connectivity index (χ2n) is 2.46. The number of hydrogen-bond donors (Lipinski definition) is 0. The molecular weight excluding hydrogens is 182 g/mol. The highest BCUT2D eigenvalue weighted by Crippen LogP contribution is 2.16. The molecule has 1 aliphatic rings. The van der Waals surface area contributed by atoms with E-state index in [-0.39, 0.29) is 0 Å². The van der Waals surface area contributed by atoms with E-state index in [2.05, 4.69) is 23.7 Å². The van der Waals surface area contributed by atoms with Crippen LogP contribution in [0.3, 0.4) is 0 Å². The lowest BCUT2D eigenvalue weighted by molar-refractivity contribution is 0.949. The molecule has 0 saturated heterocycles. The van der Waals surface area contributed by atoms with Gasteiger partial charge in [-0.1, -0.05) is 52.5 Å². The lowest BCUT2D eigenvalue weighted by Gasteiger charge is -2.10. The second-order valence-corrected chi connectivity index (χ2v) is 2.46. The maximum Gasteiger partial charge on any atom is 0.0430 e. The first-order valence-corrected chi connectivity index (χ1v) is 5.86. The van der Waals surface area contributed by atoms with E-state index in [1.165, 1.54) is 11.1 Å². The number of rotatable bonds is 1. The molecular formula is C14H25N. The van der Waals surface area contributed by atoms with Gasteiger partial charge in [0.05, 0.1) is 0 Å². The Morgan fingerprint density at radius 2 is 1.87 bits per heavy atom. The van der Waals surface area contributed by atoms with Crippen molar-refractivity contribution in [1.82, 2.24) is 0 Å². The van der Waals surface area contributed by atoms with Gasteiger partial charge in [-0.15, -0.1) is 0 Å². The molecule has 0 aromatic rings. The lowest BCUT2D eigenvalue weighted by atomic mass is 10.0. The van der Waals surface area contributed by atoms with Crippen LogP contribution in [-0.4, -0.2) is 12.8 Å². The second kappa shape index (κ2) is 12.9. The number of hydrogen-bond acceptors (Lipinski definition) is 1. The third-order valence-electron chi connectivity index (χ3n) is 1.74. The maximum absolute atomic E-state index is 4.19. The average molecular weight is 207 g/mol. The van der Waals surface area contributed by atoms with Gasteiger partial charge in [-0.3, -0.25) is 4.99 Å². The van der Waals surface area contributed by atoms with Gasteiger partial charge in [0.2, 0.25) is 0 Å². The van der Waals surface area contributed by atoms with Crippen LogP contribution in [0.25, 0.3) is 0 Å². The highest BCUT2D eigenvalue weighted by Gasteiger charge is 2.04. The summed E-state index contributed by atoms with van der Waals surface area (Å²) >= 11 is 0.